The summed E-state index contributed by atoms with van der Waals surface area (Å²) >= 11 is 0. The average Bonchev–Trinajstić information content (AvgIpc) is 3.18. The molecule has 1 aliphatic carbocycles. The van der Waals surface area contributed by atoms with Crippen LogP contribution in [-0.4, -0.2) is 49.2 Å². The predicted molar refractivity (Wildman–Crippen MR) is 125 cm³/mol. The molecular formula is C27H34FNO3. The Labute approximate surface area is 190 Å². The van der Waals surface area contributed by atoms with Gasteiger partial charge in [-0.2, -0.15) is 0 Å². The van der Waals surface area contributed by atoms with E-state index in [1.54, 1.807) is 20.3 Å². The average molecular weight is 440 g/mol. The largest absolute Gasteiger partial charge is 0.493 e. The molecule has 1 aromatic rings. The van der Waals surface area contributed by atoms with Crippen molar-refractivity contribution in [3.8, 4) is 11.5 Å². The molecule has 1 aromatic carbocycles. The molecule has 0 radical (unpaired) electrons. The van der Waals surface area contributed by atoms with Gasteiger partial charge < -0.3 is 9.47 Å². The Morgan fingerprint density at radius 1 is 1.22 bits per heavy atom. The molecule has 2 aliphatic heterocycles. The molecule has 32 heavy (non-hydrogen) atoms. The van der Waals surface area contributed by atoms with E-state index < -0.39 is 5.67 Å². The van der Waals surface area contributed by atoms with Crippen LogP contribution in [0.4, 0.5) is 4.39 Å². The minimum absolute atomic E-state index is 0.0334. The third kappa shape index (κ3) is 4.27. The maximum atomic E-state index is 16.2. The number of piperidine rings is 1. The Bertz CT molecular complexity index is 952. The highest BCUT2D eigenvalue weighted by Crippen LogP contribution is 2.48. The Balaban J connectivity index is 1.46. The van der Waals surface area contributed by atoms with E-state index in [1.165, 1.54) is 0 Å². The number of ether oxygens (including phenoxy) is 2. The van der Waals surface area contributed by atoms with Crippen molar-refractivity contribution in [1.82, 2.24) is 4.90 Å². The third-order valence-electron chi connectivity index (χ3n) is 7.36. The number of fused-ring (bicyclic) bond motifs is 3. The zero-order valence-electron chi connectivity index (χ0n) is 19.5. The molecule has 0 spiro atoms. The van der Waals surface area contributed by atoms with Crippen molar-refractivity contribution in [2.45, 2.75) is 63.2 Å². The van der Waals surface area contributed by atoms with E-state index in [4.69, 9.17) is 9.47 Å². The molecule has 3 aliphatic rings. The number of carbonyl (C=O) groups excluding carboxylic acids is 1. The van der Waals surface area contributed by atoms with Crippen LogP contribution in [0, 0.1) is 5.92 Å². The van der Waals surface area contributed by atoms with Gasteiger partial charge in [-0.3, -0.25) is 9.69 Å². The second-order valence-electron chi connectivity index (χ2n) is 9.72. The monoisotopic (exact) mass is 439 g/mol. The summed E-state index contributed by atoms with van der Waals surface area (Å²) in [6, 6.07) is 4.05. The van der Waals surface area contributed by atoms with Crippen LogP contribution in [0.25, 0.3) is 0 Å². The normalized spacial score (nSPS) is 29.7. The zero-order valence-corrected chi connectivity index (χ0v) is 19.5. The Hall–Kier alpha value is -2.40. The predicted octanol–water partition coefficient (Wildman–Crippen LogP) is 5.47. The van der Waals surface area contributed by atoms with E-state index in [0.717, 1.165) is 36.1 Å². The van der Waals surface area contributed by atoms with Gasteiger partial charge in [-0.25, -0.2) is 4.39 Å². The van der Waals surface area contributed by atoms with Crippen molar-refractivity contribution in [1.29, 1.82) is 0 Å². The summed E-state index contributed by atoms with van der Waals surface area (Å²) in [4.78, 5) is 15.5. The first-order valence-electron chi connectivity index (χ1n) is 11.5. The summed E-state index contributed by atoms with van der Waals surface area (Å²) < 4.78 is 26.9. The van der Waals surface area contributed by atoms with Crippen LogP contribution in [0.2, 0.25) is 0 Å². The van der Waals surface area contributed by atoms with Gasteiger partial charge in [0.1, 0.15) is 5.67 Å². The van der Waals surface area contributed by atoms with Crippen LogP contribution < -0.4 is 9.47 Å². The maximum Gasteiger partial charge on any atom is 0.166 e. The minimum Gasteiger partial charge on any atom is -0.493 e. The smallest absolute Gasteiger partial charge is 0.166 e. The molecule has 3 atom stereocenters. The van der Waals surface area contributed by atoms with E-state index in [-0.39, 0.29) is 23.8 Å². The van der Waals surface area contributed by atoms with Gasteiger partial charge in [0.15, 0.2) is 17.3 Å². The molecule has 2 fully saturated rings. The second-order valence-corrected chi connectivity index (χ2v) is 9.72. The highest BCUT2D eigenvalue weighted by molar-refractivity contribution is 6.03. The molecule has 0 saturated carbocycles. The van der Waals surface area contributed by atoms with Crippen molar-refractivity contribution in [2.75, 3.05) is 20.8 Å². The first kappa shape index (κ1) is 22.8. The van der Waals surface area contributed by atoms with E-state index in [0.29, 0.717) is 42.7 Å². The van der Waals surface area contributed by atoms with Crippen LogP contribution in [0.3, 0.4) is 0 Å². The summed E-state index contributed by atoms with van der Waals surface area (Å²) in [5, 5.41) is 0. The maximum absolute atomic E-state index is 16.2. The number of hydrogen-bond donors (Lipinski definition) is 0. The fraction of sp³-hybridized carbons (Fsp3) is 0.519. The van der Waals surface area contributed by atoms with E-state index in [2.05, 4.69) is 24.1 Å². The summed E-state index contributed by atoms with van der Waals surface area (Å²) in [5.41, 5.74) is 2.41. The van der Waals surface area contributed by atoms with Gasteiger partial charge in [0.2, 0.25) is 0 Å². The summed E-state index contributed by atoms with van der Waals surface area (Å²) in [6.07, 6.45) is 7.82. The van der Waals surface area contributed by atoms with Crippen LogP contribution in [0.5, 0.6) is 11.5 Å². The number of methoxy groups -OCH3 is 2. The number of hydrogen-bond acceptors (Lipinski definition) is 4. The highest BCUT2D eigenvalue weighted by atomic mass is 19.1. The van der Waals surface area contributed by atoms with Gasteiger partial charge in [-0.05, 0) is 68.7 Å². The first-order valence-corrected chi connectivity index (χ1v) is 11.5. The minimum atomic E-state index is -1.30. The summed E-state index contributed by atoms with van der Waals surface area (Å²) in [6.45, 7) is 10.7. The molecule has 2 heterocycles. The molecular weight excluding hydrogens is 405 g/mol. The number of benzene rings is 1. The lowest BCUT2D eigenvalue weighted by Crippen LogP contribution is -2.50. The van der Waals surface area contributed by atoms with Gasteiger partial charge in [0, 0.05) is 30.1 Å². The Kier molecular flexibility index (Phi) is 6.30. The summed E-state index contributed by atoms with van der Waals surface area (Å²) in [5.74, 6) is 0.875. The highest BCUT2D eigenvalue weighted by Gasteiger charge is 2.50. The van der Waals surface area contributed by atoms with Gasteiger partial charge in [0.25, 0.3) is 0 Å². The molecule has 0 aromatic heterocycles. The van der Waals surface area contributed by atoms with Crippen LogP contribution in [0.1, 0.15) is 54.9 Å². The van der Waals surface area contributed by atoms with Crippen molar-refractivity contribution in [2.24, 2.45) is 5.92 Å². The van der Waals surface area contributed by atoms with E-state index in [1.807, 2.05) is 19.1 Å². The Morgan fingerprint density at radius 3 is 2.41 bits per heavy atom. The number of alkyl halides is 1. The van der Waals surface area contributed by atoms with Crippen molar-refractivity contribution in [3.05, 3.63) is 59.7 Å². The van der Waals surface area contributed by atoms with Crippen LogP contribution >= 0.6 is 0 Å². The van der Waals surface area contributed by atoms with E-state index in [9.17, 15) is 4.79 Å². The van der Waals surface area contributed by atoms with Crippen molar-refractivity contribution in [3.63, 3.8) is 0 Å². The molecule has 5 heteroatoms. The Morgan fingerprint density at radius 2 is 1.84 bits per heavy atom. The number of carbonyl (C=O) groups is 1. The van der Waals surface area contributed by atoms with Gasteiger partial charge in [0.05, 0.1) is 14.2 Å². The number of halogens is 1. The molecule has 2 bridgehead atoms. The van der Waals surface area contributed by atoms with Gasteiger partial charge in [-0.1, -0.05) is 30.9 Å². The fourth-order valence-electron chi connectivity index (χ4n) is 6.01. The molecule has 3 unspecified atom stereocenters. The SMILES string of the molecule is C=CC(=CC(=C)C)CN1C2CCC1CC(F)(CC1Cc3cc(OC)c(OC)cc3C1=O)C2. The zero-order chi connectivity index (χ0) is 23.0. The molecule has 0 N–H and O–H groups in total. The molecule has 0 amide bonds. The van der Waals surface area contributed by atoms with Crippen LogP contribution in [-0.2, 0) is 6.42 Å². The first-order chi connectivity index (χ1) is 15.3. The third-order valence-corrected chi connectivity index (χ3v) is 7.36. The lowest BCUT2D eigenvalue weighted by molar-refractivity contribution is 0.00138. The van der Waals surface area contributed by atoms with E-state index >= 15 is 4.39 Å². The number of ketones is 1. The lowest BCUT2D eigenvalue weighted by atomic mass is 9.79. The second kappa shape index (κ2) is 8.86. The number of nitrogens with zero attached hydrogens (tertiary/aromatic N) is 1. The molecule has 2 saturated heterocycles. The molecule has 4 rings (SSSR count). The van der Waals surface area contributed by atoms with Crippen molar-refractivity contribution >= 4 is 5.78 Å². The van der Waals surface area contributed by atoms with Gasteiger partial charge >= 0.3 is 0 Å². The molecule has 4 nitrogen and oxygen atoms in total. The number of Topliss-reactive ketones (excluding diaryl/α,β-unsaturated/α-hetero) is 1. The standard InChI is InChI=1S/C27H34FNO3/c1-6-18(9-17(2)3)16-29-21-7-8-22(29)15-27(28,14-21)13-20-10-19-11-24(31-4)25(32-5)12-23(19)26(20)30/h6,9,11-12,20-22H,1-2,7-8,10,13-16H2,3-5H3. The fourth-order valence-corrected chi connectivity index (χ4v) is 6.01. The van der Waals surface area contributed by atoms with Crippen LogP contribution in [0.15, 0.2) is 48.6 Å². The summed E-state index contributed by atoms with van der Waals surface area (Å²) in [7, 11) is 3.15. The topological polar surface area (TPSA) is 38.8 Å². The number of rotatable bonds is 8. The van der Waals surface area contributed by atoms with Crippen molar-refractivity contribution < 1.29 is 18.7 Å². The number of allylic oxidation sites excluding steroid dienone is 2. The lowest BCUT2D eigenvalue weighted by Gasteiger charge is -2.43. The quantitative estimate of drug-likeness (QED) is 0.503. The van der Waals surface area contributed by atoms with Gasteiger partial charge in [-0.15, -0.1) is 0 Å². The molecule has 172 valence electrons.